The molecule has 0 aliphatic carbocycles. The Kier molecular flexibility index (Phi) is 2.10. The Morgan fingerprint density at radius 2 is 2.29 bits per heavy atom. The molecule has 0 aliphatic heterocycles. The van der Waals surface area contributed by atoms with Crippen molar-refractivity contribution in [1.82, 2.24) is 4.98 Å². The molecule has 1 aromatic carbocycles. The molecule has 2 rings (SSSR count). The van der Waals surface area contributed by atoms with E-state index in [-0.39, 0.29) is 0 Å². The van der Waals surface area contributed by atoms with Gasteiger partial charge in [-0.15, -0.1) is 0 Å². The normalized spacial score (nSPS) is 10.1. The molecule has 14 heavy (non-hydrogen) atoms. The number of nitrogen functional groups attached to an aromatic ring is 1. The molecule has 2 aromatic rings. The van der Waals surface area contributed by atoms with Crippen LogP contribution in [0.5, 0.6) is 5.75 Å². The van der Waals surface area contributed by atoms with Gasteiger partial charge in [0.25, 0.3) is 0 Å². The van der Waals surface area contributed by atoms with Crippen LogP contribution >= 0.6 is 0 Å². The van der Waals surface area contributed by atoms with Crippen molar-refractivity contribution in [3.8, 4) is 17.1 Å². The van der Waals surface area contributed by atoms with Crippen molar-refractivity contribution in [3.63, 3.8) is 0 Å². The molecular weight excluding hydrogens is 180 g/mol. The van der Waals surface area contributed by atoms with E-state index >= 15 is 0 Å². The molecule has 0 bridgehead atoms. The van der Waals surface area contributed by atoms with Crippen LogP contribution < -0.4 is 10.5 Å². The van der Waals surface area contributed by atoms with E-state index in [2.05, 4.69) is 4.98 Å². The minimum Gasteiger partial charge on any atom is -0.495 e. The van der Waals surface area contributed by atoms with Gasteiger partial charge in [-0.05, 0) is 18.2 Å². The first kappa shape index (κ1) is 8.62. The van der Waals surface area contributed by atoms with E-state index < -0.39 is 0 Å². The van der Waals surface area contributed by atoms with Crippen molar-refractivity contribution in [2.45, 2.75) is 0 Å². The van der Waals surface area contributed by atoms with Gasteiger partial charge in [0.15, 0.2) is 12.2 Å². The van der Waals surface area contributed by atoms with Crippen molar-refractivity contribution in [3.05, 3.63) is 30.8 Å². The van der Waals surface area contributed by atoms with Crippen molar-refractivity contribution < 1.29 is 9.15 Å². The van der Waals surface area contributed by atoms with Gasteiger partial charge < -0.3 is 14.9 Å². The van der Waals surface area contributed by atoms with Gasteiger partial charge in [0, 0.05) is 5.56 Å². The largest absolute Gasteiger partial charge is 0.495 e. The Morgan fingerprint density at radius 1 is 1.43 bits per heavy atom. The van der Waals surface area contributed by atoms with Gasteiger partial charge in [0.2, 0.25) is 0 Å². The highest BCUT2D eigenvalue weighted by Crippen LogP contribution is 2.27. The van der Waals surface area contributed by atoms with Gasteiger partial charge in [0.1, 0.15) is 5.75 Å². The highest BCUT2D eigenvalue weighted by Gasteiger charge is 2.04. The molecule has 0 amide bonds. The molecule has 0 unspecified atom stereocenters. The van der Waals surface area contributed by atoms with Gasteiger partial charge >= 0.3 is 0 Å². The Bertz CT molecular complexity index is 424. The van der Waals surface area contributed by atoms with Crippen LogP contribution in [0, 0.1) is 0 Å². The van der Waals surface area contributed by atoms with Gasteiger partial charge in [0.05, 0.1) is 19.0 Å². The molecular formula is C10H10N2O2. The maximum atomic E-state index is 5.75. The zero-order valence-corrected chi connectivity index (χ0v) is 7.73. The van der Waals surface area contributed by atoms with Crippen molar-refractivity contribution in [2.24, 2.45) is 0 Å². The SMILES string of the molecule is COc1ccc(-c2cnco2)cc1N. The fraction of sp³-hybridized carbons (Fsp3) is 0.100. The van der Waals surface area contributed by atoms with E-state index in [1.165, 1.54) is 6.39 Å². The Balaban J connectivity index is 2.43. The summed E-state index contributed by atoms with van der Waals surface area (Å²) >= 11 is 0. The van der Waals surface area contributed by atoms with E-state index in [4.69, 9.17) is 14.9 Å². The molecule has 4 heteroatoms. The second kappa shape index (κ2) is 3.41. The minimum atomic E-state index is 0.585. The van der Waals surface area contributed by atoms with Crippen LogP contribution in [0.15, 0.2) is 35.2 Å². The fourth-order valence-corrected chi connectivity index (χ4v) is 1.25. The minimum absolute atomic E-state index is 0.585. The number of anilines is 1. The molecule has 0 radical (unpaired) electrons. The number of nitrogens with two attached hydrogens (primary N) is 1. The summed E-state index contributed by atoms with van der Waals surface area (Å²) < 4.78 is 10.2. The Morgan fingerprint density at radius 3 is 2.86 bits per heavy atom. The number of oxazole rings is 1. The van der Waals surface area contributed by atoms with Crippen LogP contribution in [0.3, 0.4) is 0 Å². The van der Waals surface area contributed by atoms with E-state index in [1.54, 1.807) is 25.4 Å². The van der Waals surface area contributed by atoms with E-state index in [0.717, 1.165) is 5.56 Å². The molecule has 4 nitrogen and oxygen atoms in total. The summed E-state index contributed by atoms with van der Waals surface area (Å²) in [5, 5.41) is 0. The predicted molar refractivity (Wildman–Crippen MR) is 52.9 cm³/mol. The lowest BCUT2D eigenvalue weighted by atomic mass is 10.1. The van der Waals surface area contributed by atoms with Crippen LogP contribution in [0.2, 0.25) is 0 Å². The van der Waals surface area contributed by atoms with Crippen molar-refractivity contribution in [2.75, 3.05) is 12.8 Å². The quantitative estimate of drug-likeness (QED) is 0.735. The average molecular weight is 190 g/mol. The van der Waals surface area contributed by atoms with Gasteiger partial charge in [-0.2, -0.15) is 0 Å². The Labute approximate surface area is 81.3 Å². The molecule has 0 spiro atoms. The second-order valence-corrected chi connectivity index (χ2v) is 2.82. The van der Waals surface area contributed by atoms with Gasteiger partial charge in [-0.1, -0.05) is 0 Å². The summed E-state index contributed by atoms with van der Waals surface area (Å²) in [6.45, 7) is 0. The van der Waals surface area contributed by atoms with Crippen LogP contribution in [-0.4, -0.2) is 12.1 Å². The summed E-state index contributed by atoms with van der Waals surface area (Å²) in [7, 11) is 1.58. The van der Waals surface area contributed by atoms with Crippen LogP contribution in [0.25, 0.3) is 11.3 Å². The summed E-state index contributed by atoms with van der Waals surface area (Å²) in [5.74, 6) is 1.35. The lowest BCUT2D eigenvalue weighted by molar-refractivity contribution is 0.417. The first-order valence-electron chi connectivity index (χ1n) is 4.13. The zero-order valence-electron chi connectivity index (χ0n) is 7.73. The highest BCUT2D eigenvalue weighted by molar-refractivity contribution is 5.66. The molecule has 2 N–H and O–H groups in total. The topological polar surface area (TPSA) is 61.3 Å². The first-order chi connectivity index (χ1) is 6.81. The summed E-state index contributed by atoms with van der Waals surface area (Å²) in [6.07, 6.45) is 3.02. The van der Waals surface area contributed by atoms with Crippen LogP contribution in [0.1, 0.15) is 0 Å². The number of methoxy groups -OCH3 is 1. The van der Waals surface area contributed by atoms with E-state index in [1.807, 2.05) is 6.07 Å². The molecule has 1 aromatic heterocycles. The predicted octanol–water partition coefficient (Wildman–Crippen LogP) is 1.93. The Hall–Kier alpha value is -1.97. The molecule has 0 atom stereocenters. The van der Waals surface area contributed by atoms with Crippen molar-refractivity contribution >= 4 is 5.69 Å². The monoisotopic (exact) mass is 190 g/mol. The average Bonchev–Trinajstić information content (AvgIpc) is 2.70. The number of hydrogen-bond acceptors (Lipinski definition) is 4. The summed E-state index contributed by atoms with van der Waals surface area (Å²) in [5.41, 5.74) is 7.23. The first-order valence-corrected chi connectivity index (χ1v) is 4.13. The smallest absolute Gasteiger partial charge is 0.181 e. The third kappa shape index (κ3) is 1.42. The molecule has 0 saturated carbocycles. The van der Waals surface area contributed by atoms with E-state index in [0.29, 0.717) is 17.2 Å². The van der Waals surface area contributed by atoms with Gasteiger partial charge in [-0.25, -0.2) is 4.98 Å². The maximum Gasteiger partial charge on any atom is 0.181 e. The second-order valence-electron chi connectivity index (χ2n) is 2.82. The number of aromatic nitrogens is 1. The van der Waals surface area contributed by atoms with Crippen LogP contribution in [-0.2, 0) is 0 Å². The van der Waals surface area contributed by atoms with Crippen LogP contribution in [0.4, 0.5) is 5.69 Å². The maximum absolute atomic E-state index is 5.75. The third-order valence-electron chi connectivity index (χ3n) is 1.95. The molecule has 0 aliphatic rings. The molecule has 0 saturated heterocycles. The highest BCUT2D eigenvalue weighted by atomic mass is 16.5. The van der Waals surface area contributed by atoms with Crippen molar-refractivity contribution in [1.29, 1.82) is 0 Å². The number of ether oxygens (including phenoxy) is 1. The van der Waals surface area contributed by atoms with Gasteiger partial charge in [-0.3, -0.25) is 0 Å². The number of nitrogens with zero attached hydrogens (tertiary/aromatic N) is 1. The lowest BCUT2D eigenvalue weighted by Crippen LogP contribution is -1.92. The summed E-state index contributed by atoms with van der Waals surface area (Å²) in [4.78, 5) is 3.83. The zero-order chi connectivity index (χ0) is 9.97. The summed E-state index contributed by atoms with van der Waals surface area (Å²) in [6, 6.07) is 5.46. The number of rotatable bonds is 2. The third-order valence-corrected chi connectivity index (χ3v) is 1.95. The number of benzene rings is 1. The molecule has 0 fully saturated rings. The van der Waals surface area contributed by atoms with E-state index in [9.17, 15) is 0 Å². The lowest BCUT2D eigenvalue weighted by Gasteiger charge is -2.04. The molecule has 72 valence electrons. The number of hydrogen-bond donors (Lipinski definition) is 1. The molecule has 1 heterocycles. The fourth-order valence-electron chi connectivity index (χ4n) is 1.25. The standard InChI is InChI=1S/C10H10N2O2/c1-13-9-3-2-7(4-8(9)11)10-5-12-6-14-10/h2-6H,11H2,1H3.